The highest BCUT2D eigenvalue weighted by molar-refractivity contribution is 5.74. The number of allylic oxidation sites excluding steroid dienone is 10. The Bertz CT molecular complexity index is 1570. The average molecular weight is 1090 g/mol. The molecule has 0 aromatic heterocycles. The highest BCUT2D eigenvalue weighted by atomic mass is 16.7. The predicted octanol–water partition coefficient (Wildman–Crippen LogP) is 16.3. The van der Waals surface area contributed by atoms with Crippen LogP contribution in [0.2, 0.25) is 0 Å². The summed E-state index contributed by atoms with van der Waals surface area (Å²) in [5.74, 6) is -3.14. The van der Waals surface area contributed by atoms with Crippen LogP contribution in [0.15, 0.2) is 60.8 Å². The minimum atomic E-state index is -1.91. The first kappa shape index (κ1) is 71.4. The first-order valence-corrected chi connectivity index (χ1v) is 31.3. The fourth-order valence-electron chi connectivity index (χ4n) is 9.30. The number of carbonyl (C=O) groups is 4. The van der Waals surface area contributed by atoms with Gasteiger partial charge >= 0.3 is 23.9 Å². The van der Waals surface area contributed by atoms with Gasteiger partial charge in [-0.15, -0.1) is 0 Å². The number of aliphatic hydroxyl groups is 2. The SMILES string of the molecule is CC/C=C\C/C=C\C/C=C\CCCCCCCC(=O)OCC(COC1OC(C(=O)O)C(O)C(O)C1OC(=O)CCCCCCCCCCCCCCCCCCCCC)OC(=O)CCCCCCC/C=C\C/C=C\CCC. The van der Waals surface area contributed by atoms with Gasteiger partial charge in [0.1, 0.15) is 18.8 Å². The summed E-state index contributed by atoms with van der Waals surface area (Å²) in [5.41, 5.74) is 0. The molecular weight excluding hydrogens is 973 g/mol. The molecule has 0 radical (unpaired) electrons. The fourth-order valence-corrected chi connectivity index (χ4v) is 9.30. The number of carbonyl (C=O) groups excluding carboxylic acids is 3. The van der Waals surface area contributed by atoms with E-state index in [0.717, 1.165) is 128 Å². The Hall–Kier alpha value is -3.58. The molecule has 1 heterocycles. The topological polar surface area (TPSA) is 175 Å². The lowest BCUT2D eigenvalue weighted by Crippen LogP contribution is -2.61. The molecule has 0 saturated carbocycles. The lowest BCUT2D eigenvalue weighted by Gasteiger charge is -2.40. The molecular formula is C65H112O12. The van der Waals surface area contributed by atoms with Gasteiger partial charge in [-0.3, -0.25) is 14.4 Å². The van der Waals surface area contributed by atoms with E-state index in [9.17, 15) is 34.5 Å². The molecule has 12 nitrogen and oxygen atoms in total. The van der Waals surface area contributed by atoms with Gasteiger partial charge in [-0.1, -0.05) is 242 Å². The van der Waals surface area contributed by atoms with Crippen molar-refractivity contribution in [2.45, 2.75) is 314 Å². The number of carboxylic acid groups (broad SMARTS) is 1. The Labute approximate surface area is 468 Å². The van der Waals surface area contributed by atoms with Crippen molar-refractivity contribution in [1.29, 1.82) is 0 Å². The number of ether oxygens (including phenoxy) is 5. The zero-order valence-electron chi connectivity index (χ0n) is 49.0. The minimum Gasteiger partial charge on any atom is -0.479 e. The Kier molecular flexibility index (Phi) is 49.2. The second kappa shape index (κ2) is 53.1. The summed E-state index contributed by atoms with van der Waals surface area (Å²) in [6.07, 6.45) is 53.3. The molecule has 444 valence electrons. The normalized spacial score (nSPS) is 18.4. The van der Waals surface area contributed by atoms with Gasteiger partial charge in [0.05, 0.1) is 6.61 Å². The predicted molar refractivity (Wildman–Crippen MR) is 312 cm³/mol. The smallest absolute Gasteiger partial charge is 0.335 e. The highest BCUT2D eigenvalue weighted by Crippen LogP contribution is 2.27. The molecule has 0 aromatic rings. The summed E-state index contributed by atoms with van der Waals surface area (Å²) < 4.78 is 28.5. The minimum absolute atomic E-state index is 0.0602. The zero-order valence-corrected chi connectivity index (χ0v) is 49.0. The summed E-state index contributed by atoms with van der Waals surface area (Å²) >= 11 is 0. The second-order valence-corrected chi connectivity index (χ2v) is 21.3. The van der Waals surface area contributed by atoms with Crippen LogP contribution in [-0.4, -0.2) is 89.2 Å². The molecule has 0 amide bonds. The van der Waals surface area contributed by atoms with Crippen molar-refractivity contribution in [2.75, 3.05) is 13.2 Å². The van der Waals surface area contributed by atoms with Crippen LogP contribution in [0.5, 0.6) is 0 Å². The molecule has 1 aliphatic heterocycles. The van der Waals surface area contributed by atoms with Crippen molar-refractivity contribution >= 4 is 23.9 Å². The van der Waals surface area contributed by atoms with E-state index in [1.165, 1.54) is 89.9 Å². The molecule has 3 N–H and O–H groups in total. The number of esters is 3. The van der Waals surface area contributed by atoms with Crippen molar-refractivity contribution in [3.8, 4) is 0 Å². The van der Waals surface area contributed by atoms with Crippen LogP contribution < -0.4 is 0 Å². The van der Waals surface area contributed by atoms with Gasteiger partial charge in [-0.25, -0.2) is 4.79 Å². The number of aliphatic carboxylic acids is 1. The Morgan fingerprint density at radius 3 is 1.30 bits per heavy atom. The van der Waals surface area contributed by atoms with Gasteiger partial charge in [0, 0.05) is 19.3 Å². The third kappa shape index (κ3) is 43.0. The summed E-state index contributed by atoms with van der Waals surface area (Å²) in [4.78, 5) is 51.2. The summed E-state index contributed by atoms with van der Waals surface area (Å²) in [5, 5.41) is 31.5. The number of hydrogen-bond donors (Lipinski definition) is 3. The molecule has 6 atom stereocenters. The average Bonchev–Trinajstić information content (AvgIpc) is 3.42. The first-order valence-electron chi connectivity index (χ1n) is 31.3. The molecule has 0 aliphatic carbocycles. The number of carboxylic acids is 1. The van der Waals surface area contributed by atoms with Gasteiger partial charge in [-0.05, 0) is 77.0 Å². The molecule has 0 spiro atoms. The summed E-state index contributed by atoms with van der Waals surface area (Å²) in [6.45, 7) is 5.82. The first-order chi connectivity index (χ1) is 37.6. The molecule has 12 heteroatoms. The van der Waals surface area contributed by atoms with Gasteiger partial charge in [0.15, 0.2) is 24.6 Å². The van der Waals surface area contributed by atoms with Crippen LogP contribution in [0, 0.1) is 0 Å². The van der Waals surface area contributed by atoms with E-state index >= 15 is 0 Å². The lowest BCUT2D eigenvalue weighted by molar-refractivity contribution is -0.301. The van der Waals surface area contributed by atoms with Crippen LogP contribution in [0.4, 0.5) is 0 Å². The second-order valence-electron chi connectivity index (χ2n) is 21.3. The molecule has 1 rings (SSSR count). The van der Waals surface area contributed by atoms with Crippen molar-refractivity contribution in [2.24, 2.45) is 0 Å². The van der Waals surface area contributed by atoms with E-state index in [1.807, 2.05) is 0 Å². The Balaban J connectivity index is 2.65. The van der Waals surface area contributed by atoms with Crippen molar-refractivity contribution in [1.82, 2.24) is 0 Å². The van der Waals surface area contributed by atoms with Crippen LogP contribution in [-0.2, 0) is 42.9 Å². The van der Waals surface area contributed by atoms with E-state index < -0.39 is 67.3 Å². The van der Waals surface area contributed by atoms with Crippen LogP contribution in [0.25, 0.3) is 0 Å². The number of aliphatic hydroxyl groups excluding tert-OH is 2. The molecule has 0 aromatic carbocycles. The largest absolute Gasteiger partial charge is 0.479 e. The van der Waals surface area contributed by atoms with E-state index in [0.29, 0.717) is 19.3 Å². The Morgan fingerprint density at radius 2 is 0.844 bits per heavy atom. The molecule has 1 aliphatic rings. The van der Waals surface area contributed by atoms with Gasteiger partial charge in [0.2, 0.25) is 0 Å². The summed E-state index contributed by atoms with van der Waals surface area (Å²) in [6, 6.07) is 0. The van der Waals surface area contributed by atoms with Crippen LogP contribution >= 0.6 is 0 Å². The van der Waals surface area contributed by atoms with Crippen LogP contribution in [0.1, 0.15) is 278 Å². The zero-order chi connectivity index (χ0) is 56.1. The van der Waals surface area contributed by atoms with E-state index in [-0.39, 0.29) is 25.9 Å². The van der Waals surface area contributed by atoms with E-state index in [1.54, 1.807) is 0 Å². The maximum absolute atomic E-state index is 13.1. The number of rotatable bonds is 53. The Morgan fingerprint density at radius 1 is 0.442 bits per heavy atom. The molecule has 1 fully saturated rings. The lowest BCUT2D eigenvalue weighted by atomic mass is 9.98. The standard InChI is InChI=1S/C65H112O12/c1-4-7-10-13-16-19-22-25-27-28-29-30-32-35-38-41-44-47-50-53-59(68)76-63-61(70)60(69)62(64(71)72)77-65(63)74-55-56(75-58(67)52-49-46-43-40-37-33-24-21-18-15-12-9-6-3)54-73-57(66)51-48-45-42-39-36-34-31-26-23-20-17-14-11-8-5-2/h8,11-12,15,17,20-21,24,26,31,56,60-63,65,69-70H,4-7,9-10,13-14,16,18-19,22-23,25,27-30,32-55H2,1-3H3,(H,71,72)/b11-8-,15-12-,20-17-,24-21-,31-26-. The summed E-state index contributed by atoms with van der Waals surface area (Å²) in [7, 11) is 0. The molecule has 1 saturated heterocycles. The third-order valence-corrected chi connectivity index (χ3v) is 14.1. The number of unbranched alkanes of at least 4 members (excludes halogenated alkanes) is 29. The molecule has 6 unspecified atom stereocenters. The van der Waals surface area contributed by atoms with Crippen molar-refractivity contribution in [3.05, 3.63) is 60.8 Å². The maximum Gasteiger partial charge on any atom is 0.335 e. The van der Waals surface area contributed by atoms with E-state index in [2.05, 4.69) is 81.5 Å². The quantitative estimate of drug-likeness (QED) is 0.0228. The highest BCUT2D eigenvalue weighted by Gasteiger charge is 2.50. The van der Waals surface area contributed by atoms with Crippen molar-refractivity contribution < 1.29 is 58.2 Å². The fraction of sp³-hybridized carbons (Fsp3) is 0.785. The van der Waals surface area contributed by atoms with E-state index in [4.69, 9.17) is 23.7 Å². The molecule has 77 heavy (non-hydrogen) atoms. The van der Waals surface area contributed by atoms with Crippen LogP contribution in [0.3, 0.4) is 0 Å². The maximum atomic E-state index is 13.1. The van der Waals surface area contributed by atoms with Gasteiger partial charge in [0.25, 0.3) is 0 Å². The third-order valence-electron chi connectivity index (χ3n) is 14.1. The monoisotopic (exact) mass is 1080 g/mol. The van der Waals surface area contributed by atoms with Gasteiger partial charge < -0.3 is 39.0 Å². The molecule has 0 bridgehead atoms. The number of hydrogen-bond acceptors (Lipinski definition) is 11. The van der Waals surface area contributed by atoms with Crippen molar-refractivity contribution in [3.63, 3.8) is 0 Å². The van der Waals surface area contributed by atoms with Gasteiger partial charge in [-0.2, -0.15) is 0 Å².